The second-order valence-corrected chi connectivity index (χ2v) is 0.971. The zero-order valence-electron chi connectivity index (χ0n) is 5.26. The summed E-state index contributed by atoms with van der Waals surface area (Å²) in [6, 6.07) is 0. The standard InChI is InChI=1S/C3H8O3/c4-1-3(6)2-5/h3-6H,1-2H2/i4D,6D. The summed E-state index contributed by atoms with van der Waals surface area (Å²) in [4.78, 5) is 0. The summed E-state index contributed by atoms with van der Waals surface area (Å²) in [6.45, 7) is -0.359. The summed E-state index contributed by atoms with van der Waals surface area (Å²) >= 11 is 0. The van der Waals surface area contributed by atoms with E-state index in [-0.39, 0.29) is 13.2 Å². The second-order valence-electron chi connectivity index (χ2n) is 0.971. The van der Waals surface area contributed by atoms with Gasteiger partial charge >= 0.3 is 0 Å². The molecule has 0 spiro atoms. The van der Waals surface area contributed by atoms with Crippen molar-refractivity contribution in [2.75, 3.05) is 13.2 Å². The number of hydrogen-bond acceptors (Lipinski definition) is 3. The van der Waals surface area contributed by atoms with E-state index in [1.165, 1.54) is 0 Å². The monoisotopic (exact) mass is 94.1 g/mol. The Morgan fingerprint density at radius 1 is 1.67 bits per heavy atom. The molecule has 0 bridgehead atoms. The molecular formula is C3H8O3. The molecule has 0 aromatic carbocycles. The van der Waals surface area contributed by atoms with Crippen LogP contribution in [0.25, 0.3) is 0 Å². The quantitative estimate of drug-likeness (QED) is 0.390. The molecule has 0 saturated heterocycles. The summed E-state index contributed by atoms with van der Waals surface area (Å²) < 4.78 is 12.4. The molecule has 1 unspecified atom stereocenters. The molecule has 3 N–H and O–H groups in total. The molecular weight excluding hydrogens is 84.0 g/mol. The van der Waals surface area contributed by atoms with Gasteiger partial charge in [-0.3, -0.25) is 0 Å². The zero-order valence-corrected chi connectivity index (χ0v) is 3.26. The molecule has 6 heavy (non-hydrogen) atoms. The van der Waals surface area contributed by atoms with Crippen LogP contribution in [-0.2, 0) is 0 Å². The van der Waals surface area contributed by atoms with E-state index in [0.717, 1.165) is 0 Å². The molecule has 0 amide bonds. The first kappa shape index (κ1) is 2.96. The van der Waals surface area contributed by atoms with Crippen LogP contribution in [0.15, 0.2) is 0 Å². The van der Waals surface area contributed by atoms with Gasteiger partial charge < -0.3 is 15.3 Å². The van der Waals surface area contributed by atoms with Gasteiger partial charge in [-0.25, -0.2) is 0 Å². The van der Waals surface area contributed by atoms with Crippen LogP contribution in [0.5, 0.6) is 0 Å². The Hall–Kier alpha value is -0.120. The summed E-state index contributed by atoms with van der Waals surface area (Å²) in [5, 5.41) is 16.0. The molecule has 0 fully saturated rings. The highest BCUT2D eigenvalue weighted by Crippen LogP contribution is 1.71. The van der Waals surface area contributed by atoms with Gasteiger partial charge in [-0.15, -0.1) is 0 Å². The van der Waals surface area contributed by atoms with E-state index in [4.69, 9.17) is 7.97 Å². The summed E-state index contributed by atoms with van der Waals surface area (Å²) in [5.41, 5.74) is 0. The molecule has 3 heteroatoms. The van der Waals surface area contributed by atoms with Crippen LogP contribution in [0.4, 0.5) is 0 Å². The molecule has 1 atom stereocenters. The Morgan fingerprint density at radius 2 is 2.50 bits per heavy atom. The molecule has 0 aliphatic rings. The molecule has 0 aliphatic carbocycles. The average Bonchev–Trinajstić information content (AvgIpc) is 1.83. The van der Waals surface area contributed by atoms with Crippen molar-refractivity contribution in [3.8, 4) is 0 Å². The van der Waals surface area contributed by atoms with Gasteiger partial charge in [0.25, 0.3) is 0 Å². The Balaban J connectivity index is 3.07. The Bertz CT molecular complexity index is 47.8. The van der Waals surface area contributed by atoms with Gasteiger partial charge in [-0.1, -0.05) is 0 Å². The lowest BCUT2D eigenvalue weighted by Gasteiger charge is -1.96. The predicted molar refractivity (Wildman–Crippen MR) is 20.2 cm³/mol. The van der Waals surface area contributed by atoms with E-state index in [1.54, 1.807) is 0 Å². The van der Waals surface area contributed by atoms with Gasteiger partial charge in [0, 0.05) is 0 Å². The highest BCUT2D eigenvalue weighted by Gasteiger charge is 1.93. The van der Waals surface area contributed by atoms with Crippen molar-refractivity contribution in [1.29, 1.82) is 2.86 Å². The lowest BCUT2D eigenvalue weighted by Crippen LogP contribution is -2.15. The highest BCUT2D eigenvalue weighted by molar-refractivity contribution is 4.43. The number of rotatable bonds is 4. The van der Waals surface area contributed by atoms with Crippen molar-refractivity contribution in [2.45, 2.75) is 6.10 Å². The van der Waals surface area contributed by atoms with E-state index < -0.39 is 6.10 Å². The fraction of sp³-hybridized carbons (Fsp3) is 1.00. The first-order valence-electron chi connectivity index (χ1n) is 2.47. The summed E-state index contributed by atoms with van der Waals surface area (Å²) in [5.74, 6) is 0. The average molecular weight is 94.1 g/mol. The van der Waals surface area contributed by atoms with Crippen molar-refractivity contribution in [3.05, 3.63) is 0 Å². The first-order valence-corrected chi connectivity index (χ1v) is 1.66. The van der Waals surface area contributed by atoms with Crippen LogP contribution >= 0.6 is 0 Å². The van der Waals surface area contributed by atoms with Crippen molar-refractivity contribution < 1.29 is 15.3 Å². The SMILES string of the molecule is [2H]OCC(CO)O[2H]. The maximum absolute atomic E-state index is 8.25. The third kappa shape index (κ3) is 2.14. The fourth-order valence-corrected chi connectivity index (χ4v) is 0.0527. The summed E-state index contributed by atoms with van der Waals surface area (Å²) in [7, 11) is 0. The second kappa shape index (κ2) is 3.08. The number of hydrogen-bond donors (Lipinski definition) is 3. The Kier molecular flexibility index (Phi) is 1.52. The van der Waals surface area contributed by atoms with Gasteiger partial charge in [0.15, 0.2) is 0 Å². The molecule has 38 valence electrons. The van der Waals surface area contributed by atoms with E-state index in [1.807, 2.05) is 0 Å². The van der Waals surface area contributed by atoms with Crippen LogP contribution in [0.2, 0.25) is 0 Å². The van der Waals surface area contributed by atoms with E-state index in [2.05, 4.69) is 10.2 Å². The fourth-order valence-electron chi connectivity index (χ4n) is 0.0527. The van der Waals surface area contributed by atoms with Crippen LogP contribution in [-0.4, -0.2) is 37.5 Å². The molecule has 3 nitrogen and oxygen atoms in total. The maximum Gasteiger partial charge on any atom is 0.211 e. The minimum Gasteiger partial charge on any atom is -0.394 e. The topological polar surface area (TPSA) is 60.7 Å². The normalized spacial score (nSPS) is 18.8. The predicted octanol–water partition coefficient (Wildman–Crippen LogP) is -1.67. The smallest absolute Gasteiger partial charge is 0.211 e. The third-order valence-electron chi connectivity index (χ3n) is 0.390. The van der Waals surface area contributed by atoms with Crippen LogP contribution in [0, 0.1) is 0 Å². The van der Waals surface area contributed by atoms with Crippen molar-refractivity contribution >= 4 is 0 Å². The molecule has 0 radical (unpaired) electrons. The van der Waals surface area contributed by atoms with Gasteiger partial charge in [0.05, 0.1) is 13.2 Å². The van der Waals surface area contributed by atoms with Crippen LogP contribution in [0.1, 0.15) is 0 Å². The Morgan fingerprint density at radius 3 is 2.67 bits per heavy atom. The minimum absolute atomic E-state index is 0.0694. The highest BCUT2D eigenvalue weighted by atomic mass is 16.3. The van der Waals surface area contributed by atoms with Crippen molar-refractivity contribution in [1.82, 2.24) is 0 Å². The van der Waals surface area contributed by atoms with Gasteiger partial charge in [-0.2, -0.15) is 0 Å². The lowest BCUT2D eigenvalue weighted by molar-refractivity contribution is 0.0450. The molecule has 0 heterocycles. The molecule has 0 aromatic heterocycles. The summed E-state index contributed by atoms with van der Waals surface area (Å²) in [6.07, 6.45) is -0.688. The lowest BCUT2D eigenvalue weighted by atomic mass is 10.4. The number of aliphatic hydroxyl groups excluding tert-OH is 3. The van der Waals surface area contributed by atoms with E-state index in [0.29, 0.717) is 0 Å². The third-order valence-corrected chi connectivity index (χ3v) is 0.390. The van der Waals surface area contributed by atoms with Crippen molar-refractivity contribution in [3.63, 3.8) is 0 Å². The van der Waals surface area contributed by atoms with Crippen LogP contribution < -0.4 is 0 Å². The Labute approximate surface area is 38.8 Å². The van der Waals surface area contributed by atoms with Crippen LogP contribution in [0.3, 0.4) is 0 Å². The van der Waals surface area contributed by atoms with Gasteiger partial charge in [-0.05, 0) is 0 Å². The zero-order chi connectivity index (χ0) is 6.41. The van der Waals surface area contributed by atoms with Gasteiger partial charge in [0.1, 0.15) is 6.10 Å². The molecule has 0 rings (SSSR count). The van der Waals surface area contributed by atoms with E-state index in [9.17, 15) is 0 Å². The first-order chi connectivity index (χ1) is 3.85. The maximum atomic E-state index is 8.25. The number of aliphatic hydroxyl groups is 3. The van der Waals surface area contributed by atoms with E-state index >= 15 is 0 Å². The minimum atomic E-state index is -0.688. The van der Waals surface area contributed by atoms with Gasteiger partial charge in [0.2, 0.25) is 2.86 Å². The molecule has 0 saturated carbocycles. The van der Waals surface area contributed by atoms with Crippen molar-refractivity contribution in [2.24, 2.45) is 0 Å². The molecule has 0 aromatic rings. The largest absolute Gasteiger partial charge is 0.394 e. The molecule has 0 aliphatic heterocycles.